The van der Waals surface area contributed by atoms with Gasteiger partial charge in [0.2, 0.25) is 5.95 Å². The zero-order valence-corrected chi connectivity index (χ0v) is 14.0. The van der Waals surface area contributed by atoms with E-state index in [1.54, 1.807) is 6.20 Å². The van der Waals surface area contributed by atoms with Crippen LogP contribution in [-0.2, 0) is 9.84 Å². The summed E-state index contributed by atoms with van der Waals surface area (Å²) in [6, 6.07) is -0.121. The van der Waals surface area contributed by atoms with Gasteiger partial charge in [-0.1, -0.05) is 11.6 Å². The van der Waals surface area contributed by atoms with Crippen LogP contribution in [0.1, 0.15) is 38.5 Å². The first-order valence-electron chi connectivity index (χ1n) is 8.19. The van der Waals surface area contributed by atoms with E-state index in [2.05, 4.69) is 31.9 Å². The Balaban J connectivity index is 1.50. The number of nitrogens with zero attached hydrogens (tertiary/aromatic N) is 3. The lowest BCUT2D eigenvalue weighted by molar-refractivity contribution is 0.602. The first-order chi connectivity index (χ1) is 11.1. The topological polar surface area (TPSA) is 96.9 Å². The molecule has 126 valence electrons. The third kappa shape index (κ3) is 4.89. The highest BCUT2D eigenvalue weighted by atomic mass is 32.2. The maximum atomic E-state index is 11.5. The molecular formula is C15H23N5O2S. The van der Waals surface area contributed by atoms with Crippen molar-refractivity contribution in [2.45, 2.75) is 44.6 Å². The molecule has 2 N–H and O–H groups in total. The van der Waals surface area contributed by atoms with E-state index >= 15 is 0 Å². The molecule has 1 aliphatic heterocycles. The number of nitrogens with one attached hydrogen (secondary N) is 2. The van der Waals surface area contributed by atoms with Crippen LogP contribution in [0.2, 0.25) is 0 Å². The van der Waals surface area contributed by atoms with Gasteiger partial charge in [-0.05, 0) is 38.5 Å². The van der Waals surface area contributed by atoms with Crippen LogP contribution >= 0.6 is 0 Å². The summed E-state index contributed by atoms with van der Waals surface area (Å²) < 4.78 is 23.0. The quantitative estimate of drug-likeness (QED) is 0.764. The summed E-state index contributed by atoms with van der Waals surface area (Å²) in [5.74, 6) is 1.42. The predicted molar refractivity (Wildman–Crippen MR) is 90.2 cm³/mol. The molecule has 1 aromatic heterocycles. The van der Waals surface area contributed by atoms with Crippen LogP contribution in [0, 0.1) is 0 Å². The van der Waals surface area contributed by atoms with E-state index in [1.807, 2.05) is 0 Å². The standard InChI is InChI=1S/C15H23N5O2S/c21-23(22)9-7-13(11-23)18-15-19-14(10-17-20-15)16-8-6-12-4-2-1-3-5-12/h4,10,13H,1-3,5-9,11H2,(H2,16,18,19,20). The number of sulfone groups is 1. The number of hydrogen-bond acceptors (Lipinski definition) is 7. The molecule has 0 amide bonds. The van der Waals surface area contributed by atoms with Crippen molar-refractivity contribution < 1.29 is 8.42 Å². The lowest BCUT2D eigenvalue weighted by Crippen LogP contribution is -2.22. The second-order valence-electron chi connectivity index (χ2n) is 6.19. The number of anilines is 2. The second kappa shape index (κ2) is 7.25. The van der Waals surface area contributed by atoms with Crippen molar-refractivity contribution in [3.8, 4) is 0 Å². The summed E-state index contributed by atoms with van der Waals surface area (Å²) in [7, 11) is -2.91. The number of rotatable bonds is 6. The summed E-state index contributed by atoms with van der Waals surface area (Å²) in [6.07, 6.45) is 10.5. The minimum atomic E-state index is -2.91. The molecule has 1 unspecified atom stereocenters. The van der Waals surface area contributed by atoms with Crippen LogP contribution < -0.4 is 10.6 Å². The molecule has 0 spiro atoms. The van der Waals surface area contributed by atoms with Crippen molar-refractivity contribution in [3.05, 3.63) is 17.8 Å². The zero-order chi connectivity index (χ0) is 16.1. The van der Waals surface area contributed by atoms with Crippen LogP contribution in [0.15, 0.2) is 17.8 Å². The summed E-state index contributed by atoms with van der Waals surface area (Å²) in [4.78, 5) is 4.36. The molecule has 0 radical (unpaired) electrons. The van der Waals surface area contributed by atoms with Crippen molar-refractivity contribution in [1.82, 2.24) is 15.2 Å². The van der Waals surface area contributed by atoms with Gasteiger partial charge in [0.15, 0.2) is 15.7 Å². The van der Waals surface area contributed by atoms with Crippen LogP contribution in [0.4, 0.5) is 11.8 Å². The lowest BCUT2D eigenvalue weighted by atomic mass is 9.97. The fourth-order valence-corrected chi connectivity index (χ4v) is 4.70. The van der Waals surface area contributed by atoms with E-state index in [4.69, 9.17) is 0 Å². The molecule has 23 heavy (non-hydrogen) atoms. The van der Waals surface area contributed by atoms with Crippen molar-refractivity contribution >= 4 is 21.6 Å². The van der Waals surface area contributed by atoms with Gasteiger partial charge in [0, 0.05) is 12.6 Å². The van der Waals surface area contributed by atoms with Crippen molar-refractivity contribution in [2.75, 3.05) is 28.7 Å². The molecule has 7 nitrogen and oxygen atoms in total. The van der Waals surface area contributed by atoms with Crippen LogP contribution in [-0.4, -0.2) is 47.7 Å². The average Bonchev–Trinajstić information content (AvgIpc) is 2.87. The molecule has 0 bridgehead atoms. The molecule has 2 aliphatic rings. The number of allylic oxidation sites excluding steroid dienone is 1. The Morgan fingerprint density at radius 3 is 2.96 bits per heavy atom. The van der Waals surface area contributed by atoms with Gasteiger partial charge in [-0.15, -0.1) is 5.10 Å². The fourth-order valence-electron chi connectivity index (χ4n) is 3.02. The fraction of sp³-hybridized carbons (Fsp3) is 0.667. The largest absolute Gasteiger partial charge is 0.368 e. The van der Waals surface area contributed by atoms with Gasteiger partial charge < -0.3 is 10.6 Å². The monoisotopic (exact) mass is 337 g/mol. The highest BCUT2D eigenvalue weighted by Crippen LogP contribution is 2.20. The number of hydrogen-bond donors (Lipinski definition) is 2. The van der Waals surface area contributed by atoms with E-state index < -0.39 is 9.84 Å². The second-order valence-corrected chi connectivity index (χ2v) is 8.42. The Hall–Kier alpha value is -1.70. The van der Waals surface area contributed by atoms with E-state index in [0.717, 1.165) is 13.0 Å². The molecule has 2 heterocycles. The molecule has 1 aliphatic carbocycles. The van der Waals surface area contributed by atoms with Crippen molar-refractivity contribution in [2.24, 2.45) is 0 Å². The molecule has 3 rings (SSSR count). The molecule has 1 fully saturated rings. The van der Waals surface area contributed by atoms with E-state index in [9.17, 15) is 8.42 Å². The Kier molecular flexibility index (Phi) is 5.09. The molecule has 1 saturated heterocycles. The zero-order valence-electron chi connectivity index (χ0n) is 13.2. The predicted octanol–water partition coefficient (Wildman–Crippen LogP) is 1.77. The van der Waals surface area contributed by atoms with Gasteiger partial charge in [-0.25, -0.2) is 8.42 Å². The summed E-state index contributed by atoms with van der Waals surface area (Å²) in [5.41, 5.74) is 1.51. The average molecular weight is 337 g/mol. The third-order valence-electron chi connectivity index (χ3n) is 4.26. The van der Waals surface area contributed by atoms with Gasteiger partial charge in [-0.2, -0.15) is 10.1 Å². The van der Waals surface area contributed by atoms with E-state index in [-0.39, 0.29) is 17.5 Å². The minimum Gasteiger partial charge on any atom is -0.368 e. The maximum absolute atomic E-state index is 11.5. The summed E-state index contributed by atoms with van der Waals surface area (Å²) >= 11 is 0. The Bertz CT molecular complexity index is 674. The first-order valence-corrected chi connectivity index (χ1v) is 10.0. The Morgan fingerprint density at radius 2 is 2.22 bits per heavy atom. The molecule has 0 aromatic carbocycles. The van der Waals surface area contributed by atoms with Crippen LogP contribution in [0.5, 0.6) is 0 Å². The van der Waals surface area contributed by atoms with E-state index in [0.29, 0.717) is 18.2 Å². The van der Waals surface area contributed by atoms with Crippen molar-refractivity contribution in [3.63, 3.8) is 0 Å². The van der Waals surface area contributed by atoms with Gasteiger partial charge in [0.05, 0.1) is 17.7 Å². The SMILES string of the molecule is O=S1(=O)CCC(Nc2nncc(NCCC3=CCCCC3)n2)C1. The van der Waals surface area contributed by atoms with Crippen molar-refractivity contribution in [1.29, 1.82) is 0 Å². The van der Waals surface area contributed by atoms with Gasteiger partial charge in [0.25, 0.3) is 0 Å². The maximum Gasteiger partial charge on any atom is 0.244 e. The highest BCUT2D eigenvalue weighted by molar-refractivity contribution is 7.91. The van der Waals surface area contributed by atoms with Gasteiger partial charge >= 0.3 is 0 Å². The third-order valence-corrected chi connectivity index (χ3v) is 6.03. The minimum absolute atomic E-state index is 0.121. The molecule has 1 atom stereocenters. The molecule has 1 aromatic rings. The Morgan fingerprint density at radius 1 is 1.30 bits per heavy atom. The normalized spacial score (nSPS) is 23.3. The van der Waals surface area contributed by atoms with E-state index in [1.165, 1.54) is 31.3 Å². The number of aromatic nitrogens is 3. The molecular weight excluding hydrogens is 314 g/mol. The highest BCUT2D eigenvalue weighted by Gasteiger charge is 2.28. The Labute approximate surface area is 136 Å². The van der Waals surface area contributed by atoms with Gasteiger partial charge in [-0.3, -0.25) is 0 Å². The lowest BCUT2D eigenvalue weighted by Gasteiger charge is -2.14. The van der Waals surface area contributed by atoms with Gasteiger partial charge in [0.1, 0.15) is 0 Å². The van der Waals surface area contributed by atoms with Crippen LogP contribution in [0.3, 0.4) is 0 Å². The smallest absolute Gasteiger partial charge is 0.244 e. The van der Waals surface area contributed by atoms with Crippen LogP contribution in [0.25, 0.3) is 0 Å². The molecule has 8 heteroatoms. The summed E-state index contributed by atoms with van der Waals surface area (Å²) in [6.45, 7) is 0.821. The summed E-state index contributed by atoms with van der Waals surface area (Å²) in [5, 5.41) is 14.2. The molecule has 0 saturated carbocycles. The first kappa shape index (κ1) is 16.2.